The zero-order valence-electron chi connectivity index (χ0n) is 29.6. The molecule has 1 saturated carbocycles. The lowest BCUT2D eigenvalue weighted by molar-refractivity contribution is -0.347. The molecule has 296 valence electrons. The highest BCUT2D eigenvalue weighted by atomic mass is 16.8. The summed E-state index contributed by atoms with van der Waals surface area (Å²) in [7, 11) is 0. The Kier molecular flexibility index (Phi) is 11.8. The number of hydrogen-bond acceptors (Lipinski definition) is 16. The molecule has 4 aliphatic heterocycles. The first kappa shape index (κ1) is 39.2. The van der Waals surface area contributed by atoms with Crippen LogP contribution in [0, 0.1) is 11.8 Å². The summed E-state index contributed by atoms with van der Waals surface area (Å²) in [5.41, 5.74) is 0.156. The van der Waals surface area contributed by atoms with E-state index in [1.807, 2.05) is 12.1 Å². The number of benzene rings is 2. The van der Waals surface area contributed by atoms with Gasteiger partial charge < -0.3 is 68.5 Å². The molecule has 2 aromatic carbocycles. The number of hydrogen-bond donors (Lipinski definition) is 6. The van der Waals surface area contributed by atoms with Gasteiger partial charge >= 0.3 is 11.9 Å². The third-order valence-corrected chi connectivity index (χ3v) is 10.6. The second kappa shape index (κ2) is 16.6. The molecule has 7 rings (SSSR count). The Morgan fingerprint density at radius 1 is 0.727 bits per heavy atom. The molecule has 6 N–H and O–H groups in total. The van der Waals surface area contributed by atoms with Gasteiger partial charge in [0.1, 0.15) is 42.2 Å². The lowest BCUT2D eigenvalue weighted by atomic mass is 9.85. The molecular formula is C39H44O16. The minimum atomic E-state index is -1.72. The van der Waals surface area contributed by atoms with E-state index < -0.39 is 122 Å². The molecule has 0 spiro atoms. The van der Waals surface area contributed by atoms with Crippen LogP contribution in [0.2, 0.25) is 0 Å². The Balaban J connectivity index is 1.13. The molecule has 16 nitrogen and oxygen atoms in total. The van der Waals surface area contributed by atoms with Crippen LogP contribution >= 0.6 is 0 Å². The average Bonchev–Trinajstić information content (AvgIpc) is 3.88. The summed E-state index contributed by atoms with van der Waals surface area (Å²) in [5.74, 6) is -3.09. The molecular weight excluding hydrogens is 724 g/mol. The van der Waals surface area contributed by atoms with Crippen molar-refractivity contribution >= 4 is 24.1 Å². The normalized spacial score (nSPS) is 40.7. The van der Waals surface area contributed by atoms with Gasteiger partial charge in [0.2, 0.25) is 6.29 Å². The van der Waals surface area contributed by atoms with Gasteiger partial charge in [-0.25, -0.2) is 9.59 Å². The lowest BCUT2D eigenvalue weighted by Crippen LogP contribution is -2.61. The SMILES string of the molecule is C[C@@H]1O[C@@H](O[C@H]2[C@@H]3C=CO[C@@H](O[C@@H]4O[C@H](CO)[C@@H](O)[C@H](O)[C@H]4O)[C@@H]3[C@@]3(CO)O[C@@H]23)[C@H](OC(=O)/C=C/c2ccccc2)[C@H](OC(=O)/C=C/c2ccccc2)[C@H]1O. The van der Waals surface area contributed by atoms with Crippen LogP contribution in [0.3, 0.4) is 0 Å². The number of epoxide rings is 1. The summed E-state index contributed by atoms with van der Waals surface area (Å²) in [6, 6.07) is 18.0. The molecule has 16 atom stereocenters. The number of ether oxygens (including phenoxy) is 8. The number of esters is 2. The molecule has 4 fully saturated rings. The van der Waals surface area contributed by atoms with E-state index in [-0.39, 0.29) is 0 Å². The Morgan fingerprint density at radius 3 is 1.95 bits per heavy atom. The van der Waals surface area contributed by atoms with Gasteiger partial charge in [-0.15, -0.1) is 0 Å². The van der Waals surface area contributed by atoms with Crippen molar-refractivity contribution < 1.29 is 78.1 Å². The minimum absolute atomic E-state index is 0.512. The molecule has 0 bridgehead atoms. The van der Waals surface area contributed by atoms with Gasteiger partial charge in [0.25, 0.3) is 0 Å². The standard InChI is InChI=1S/C39H44O16/c1-20-28(44)33(51-25(42)14-12-21-8-4-2-5-9-21)34(52-26(43)15-13-22-10-6-3-7-11-22)38(49-20)53-32-23-16-17-48-36(27(23)39(19-41)35(32)55-39)54-37-31(47)30(46)29(45)24(18-40)50-37/h2-17,20,23-24,27-38,40-41,44-47H,18-19H2,1H3/b14-12+,15-13+/t20-,23+,24+,27+,28-,29+,30-,31+,32-,33+,34+,35-,36-,37-,38-,39+/m0/s1. The monoisotopic (exact) mass is 768 g/mol. The molecule has 0 unspecified atom stereocenters. The van der Waals surface area contributed by atoms with Crippen molar-refractivity contribution in [3.63, 3.8) is 0 Å². The highest BCUT2D eigenvalue weighted by Gasteiger charge is 2.77. The second-order valence-electron chi connectivity index (χ2n) is 14.0. The highest BCUT2D eigenvalue weighted by Crippen LogP contribution is 2.61. The van der Waals surface area contributed by atoms with Crippen LogP contribution in [-0.4, -0.2) is 141 Å². The van der Waals surface area contributed by atoms with Crippen LogP contribution in [0.15, 0.2) is 85.2 Å². The molecule has 0 amide bonds. The number of carbonyl (C=O) groups is 2. The van der Waals surface area contributed by atoms with E-state index in [9.17, 15) is 40.2 Å². The molecule has 3 saturated heterocycles. The summed E-state index contributed by atoms with van der Waals surface area (Å²) in [6.45, 7) is 0.352. The summed E-state index contributed by atoms with van der Waals surface area (Å²) >= 11 is 0. The van der Waals surface area contributed by atoms with Crippen LogP contribution in [0.5, 0.6) is 0 Å². The van der Waals surface area contributed by atoms with Crippen molar-refractivity contribution in [3.8, 4) is 0 Å². The summed E-state index contributed by atoms with van der Waals surface area (Å²) < 4.78 is 47.5. The number of aliphatic hydroxyl groups is 6. The van der Waals surface area contributed by atoms with Gasteiger partial charge in [0, 0.05) is 18.1 Å². The first-order valence-electron chi connectivity index (χ1n) is 18.0. The predicted octanol–water partition coefficient (Wildman–Crippen LogP) is -0.210. The zero-order chi connectivity index (χ0) is 38.9. The van der Waals surface area contributed by atoms with Gasteiger partial charge in [-0.3, -0.25) is 0 Å². The first-order valence-corrected chi connectivity index (χ1v) is 18.0. The van der Waals surface area contributed by atoms with Crippen molar-refractivity contribution in [2.45, 2.75) is 92.4 Å². The van der Waals surface area contributed by atoms with Gasteiger partial charge in [0.05, 0.1) is 37.6 Å². The second-order valence-corrected chi connectivity index (χ2v) is 14.0. The summed E-state index contributed by atoms with van der Waals surface area (Å²) in [6.07, 6.45) is -9.20. The topological polar surface area (TPSA) is 233 Å². The van der Waals surface area contributed by atoms with Gasteiger partial charge in [-0.1, -0.05) is 60.7 Å². The highest BCUT2D eigenvalue weighted by molar-refractivity contribution is 5.88. The maximum absolute atomic E-state index is 13.3. The molecule has 2 aromatic rings. The molecule has 5 aliphatic rings. The van der Waals surface area contributed by atoms with Crippen LogP contribution in [0.1, 0.15) is 18.1 Å². The van der Waals surface area contributed by atoms with E-state index in [2.05, 4.69) is 0 Å². The van der Waals surface area contributed by atoms with Gasteiger partial charge in [0.15, 0.2) is 24.8 Å². The fourth-order valence-corrected chi connectivity index (χ4v) is 7.62. The lowest BCUT2D eigenvalue weighted by Gasteiger charge is -2.44. The zero-order valence-corrected chi connectivity index (χ0v) is 29.6. The van der Waals surface area contributed by atoms with Crippen molar-refractivity contribution in [2.24, 2.45) is 11.8 Å². The van der Waals surface area contributed by atoms with E-state index in [1.54, 1.807) is 54.6 Å². The summed E-state index contributed by atoms with van der Waals surface area (Å²) in [4.78, 5) is 26.4. The smallest absolute Gasteiger partial charge is 0.331 e. The Bertz CT molecular complexity index is 1720. The maximum atomic E-state index is 13.3. The van der Waals surface area contributed by atoms with E-state index in [1.165, 1.54) is 37.5 Å². The van der Waals surface area contributed by atoms with Crippen LogP contribution < -0.4 is 0 Å². The van der Waals surface area contributed by atoms with Crippen molar-refractivity contribution in [2.75, 3.05) is 13.2 Å². The Morgan fingerprint density at radius 2 is 1.35 bits per heavy atom. The average molecular weight is 769 g/mol. The van der Waals surface area contributed by atoms with Crippen LogP contribution in [0.25, 0.3) is 12.2 Å². The van der Waals surface area contributed by atoms with Crippen molar-refractivity contribution in [3.05, 3.63) is 96.3 Å². The van der Waals surface area contributed by atoms with E-state index in [0.717, 1.165) is 5.56 Å². The first-order chi connectivity index (χ1) is 26.5. The van der Waals surface area contributed by atoms with Gasteiger partial charge in [-0.2, -0.15) is 0 Å². The van der Waals surface area contributed by atoms with Crippen molar-refractivity contribution in [1.82, 2.24) is 0 Å². The fourth-order valence-electron chi connectivity index (χ4n) is 7.62. The largest absolute Gasteiger partial charge is 0.472 e. The third kappa shape index (κ3) is 7.99. The number of fused-ring (bicyclic) bond motifs is 3. The van der Waals surface area contributed by atoms with E-state index in [0.29, 0.717) is 5.56 Å². The van der Waals surface area contributed by atoms with Crippen LogP contribution in [-0.2, 0) is 47.5 Å². The molecule has 4 heterocycles. The fraction of sp³-hybridized carbons (Fsp3) is 0.487. The maximum Gasteiger partial charge on any atom is 0.331 e. The van der Waals surface area contributed by atoms with Crippen LogP contribution in [0.4, 0.5) is 0 Å². The Labute approximate surface area is 315 Å². The number of aliphatic hydroxyl groups excluding tert-OH is 6. The minimum Gasteiger partial charge on any atom is -0.472 e. The third-order valence-electron chi connectivity index (χ3n) is 10.6. The molecule has 55 heavy (non-hydrogen) atoms. The van der Waals surface area contributed by atoms with Crippen molar-refractivity contribution in [1.29, 1.82) is 0 Å². The molecule has 1 aliphatic carbocycles. The molecule has 0 radical (unpaired) electrons. The number of rotatable bonds is 12. The molecule has 16 heteroatoms. The quantitative estimate of drug-likeness (QED) is 0.0932. The molecule has 0 aromatic heterocycles. The Hall–Kier alpha value is -4.04. The predicted molar refractivity (Wildman–Crippen MR) is 186 cm³/mol. The number of carbonyl (C=O) groups excluding carboxylic acids is 2. The van der Waals surface area contributed by atoms with E-state index in [4.69, 9.17) is 37.9 Å². The van der Waals surface area contributed by atoms with Gasteiger partial charge in [-0.05, 0) is 36.3 Å². The van der Waals surface area contributed by atoms with E-state index >= 15 is 0 Å². The summed E-state index contributed by atoms with van der Waals surface area (Å²) in [5, 5.41) is 62.8.